The highest BCUT2D eigenvalue weighted by atomic mass is 127. The maximum atomic E-state index is 13.2. The van der Waals surface area contributed by atoms with Crippen LogP contribution in [0.25, 0.3) is 0 Å². The Morgan fingerprint density at radius 3 is 2.46 bits per heavy atom. The Hall–Kier alpha value is -1.63. The molecule has 0 spiro atoms. The molecule has 0 heterocycles. The van der Waals surface area contributed by atoms with Crippen molar-refractivity contribution in [2.75, 3.05) is 7.05 Å². The molecule has 0 aliphatic rings. The third-order valence-corrected chi connectivity index (χ3v) is 3.66. The number of hydrogen-bond donors (Lipinski definition) is 2. The first-order valence-corrected chi connectivity index (χ1v) is 7.93. The van der Waals surface area contributed by atoms with Crippen LogP contribution in [-0.4, -0.2) is 19.0 Å². The maximum Gasteiger partial charge on any atom is 0.191 e. The van der Waals surface area contributed by atoms with Crippen LogP contribution in [0.5, 0.6) is 0 Å². The van der Waals surface area contributed by atoms with Crippen molar-refractivity contribution >= 4 is 29.9 Å². The number of rotatable bonds is 6. The average molecular weight is 441 g/mol. The third kappa shape index (κ3) is 7.29. The first-order chi connectivity index (χ1) is 11.2. The zero-order valence-corrected chi connectivity index (χ0v) is 16.5. The van der Waals surface area contributed by atoms with Crippen molar-refractivity contribution < 1.29 is 4.39 Å². The molecule has 0 saturated carbocycles. The van der Waals surface area contributed by atoms with Crippen LogP contribution < -0.4 is 10.6 Å². The number of nitrogens with one attached hydrogen (secondary N) is 2. The second-order valence-electron chi connectivity index (χ2n) is 5.63. The molecular weight excluding hydrogens is 416 g/mol. The molecule has 0 amide bonds. The molecule has 2 rings (SSSR count). The van der Waals surface area contributed by atoms with Gasteiger partial charge in [0.05, 0.1) is 0 Å². The van der Waals surface area contributed by atoms with Gasteiger partial charge in [-0.05, 0) is 43.0 Å². The van der Waals surface area contributed by atoms with E-state index in [0.717, 1.165) is 24.4 Å². The summed E-state index contributed by atoms with van der Waals surface area (Å²) < 4.78 is 13.2. The Bertz CT molecular complexity index is 632. The second-order valence-corrected chi connectivity index (χ2v) is 5.63. The lowest BCUT2D eigenvalue weighted by molar-refractivity contribution is 0.592. The van der Waals surface area contributed by atoms with Gasteiger partial charge in [0.2, 0.25) is 0 Å². The molecule has 2 N–H and O–H groups in total. The lowest BCUT2D eigenvalue weighted by atomic mass is 10.1. The summed E-state index contributed by atoms with van der Waals surface area (Å²) in [6, 6.07) is 17.3. The highest BCUT2D eigenvalue weighted by Crippen LogP contribution is 2.05. The predicted octanol–water partition coefficient (Wildman–Crippen LogP) is 4.13. The fourth-order valence-corrected chi connectivity index (χ4v) is 2.36. The van der Waals surface area contributed by atoms with E-state index in [1.165, 1.54) is 17.7 Å². The van der Waals surface area contributed by atoms with Crippen molar-refractivity contribution in [2.24, 2.45) is 4.99 Å². The quantitative estimate of drug-likeness (QED) is 0.402. The fraction of sp³-hybridized carbons (Fsp3) is 0.316. The van der Waals surface area contributed by atoms with Gasteiger partial charge >= 0.3 is 0 Å². The van der Waals surface area contributed by atoms with E-state index >= 15 is 0 Å². The molecule has 3 nitrogen and oxygen atoms in total. The summed E-state index contributed by atoms with van der Waals surface area (Å²) in [5.41, 5.74) is 2.23. The van der Waals surface area contributed by atoms with E-state index in [9.17, 15) is 4.39 Å². The maximum absolute atomic E-state index is 13.2. The van der Waals surface area contributed by atoms with Crippen LogP contribution in [-0.2, 0) is 13.0 Å². The van der Waals surface area contributed by atoms with Gasteiger partial charge in [-0.2, -0.15) is 0 Å². The summed E-state index contributed by atoms with van der Waals surface area (Å²) in [6.07, 6.45) is 2.04. The molecule has 1 atom stereocenters. The molecule has 130 valence electrons. The number of halogens is 2. The number of guanidine groups is 1. The van der Waals surface area contributed by atoms with Crippen LogP contribution in [0, 0.1) is 5.82 Å². The lowest BCUT2D eigenvalue weighted by Crippen LogP contribution is -2.42. The van der Waals surface area contributed by atoms with Crippen LogP contribution in [0.4, 0.5) is 4.39 Å². The zero-order chi connectivity index (χ0) is 16.5. The van der Waals surface area contributed by atoms with E-state index in [1.807, 2.05) is 12.1 Å². The van der Waals surface area contributed by atoms with Gasteiger partial charge in [-0.15, -0.1) is 24.0 Å². The summed E-state index contributed by atoms with van der Waals surface area (Å²) in [4.78, 5) is 4.22. The van der Waals surface area contributed by atoms with Gasteiger partial charge in [0, 0.05) is 19.6 Å². The Morgan fingerprint density at radius 1 is 1.08 bits per heavy atom. The molecule has 0 aliphatic heterocycles. The van der Waals surface area contributed by atoms with Gasteiger partial charge in [-0.1, -0.05) is 42.5 Å². The largest absolute Gasteiger partial charge is 0.354 e. The number of nitrogens with zero attached hydrogens (tertiary/aromatic N) is 1. The number of hydrogen-bond acceptors (Lipinski definition) is 1. The van der Waals surface area contributed by atoms with Crippen molar-refractivity contribution in [2.45, 2.75) is 32.4 Å². The first kappa shape index (κ1) is 20.4. The SMILES string of the molecule is CN=C(NCc1cccc(F)c1)NC(C)CCc1ccccc1.I. The summed E-state index contributed by atoms with van der Waals surface area (Å²) in [5.74, 6) is 0.512. The van der Waals surface area contributed by atoms with E-state index in [4.69, 9.17) is 0 Å². The number of benzene rings is 2. The molecule has 0 bridgehead atoms. The zero-order valence-electron chi connectivity index (χ0n) is 14.1. The normalized spacial score (nSPS) is 12.2. The monoisotopic (exact) mass is 441 g/mol. The molecule has 24 heavy (non-hydrogen) atoms. The molecule has 0 saturated heterocycles. The van der Waals surface area contributed by atoms with Gasteiger partial charge in [-0.3, -0.25) is 4.99 Å². The molecule has 2 aromatic rings. The summed E-state index contributed by atoms with van der Waals surface area (Å²) >= 11 is 0. The highest BCUT2D eigenvalue weighted by Gasteiger charge is 2.06. The minimum absolute atomic E-state index is 0. The van der Waals surface area contributed by atoms with Gasteiger partial charge in [0.15, 0.2) is 5.96 Å². The topological polar surface area (TPSA) is 36.4 Å². The van der Waals surface area contributed by atoms with Gasteiger partial charge in [-0.25, -0.2) is 4.39 Å². The lowest BCUT2D eigenvalue weighted by Gasteiger charge is -2.18. The molecule has 0 aliphatic carbocycles. The van der Waals surface area contributed by atoms with Crippen molar-refractivity contribution in [1.82, 2.24) is 10.6 Å². The van der Waals surface area contributed by atoms with Gasteiger partial charge in [0.1, 0.15) is 5.82 Å². The molecule has 1 unspecified atom stereocenters. The van der Waals surface area contributed by atoms with Crippen molar-refractivity contribution in [3.8, 4) is 0 Å². The smallest absolute Gasteiger partial charge is 0.191 e. The van der Waals surface area contributed by atoms with Gasteiger partial charge < -0.3 is 10.6 Å². The van der Waals surface area contributed by atoms with Gasteiger partial charge in [0.25, 0.3) is 0 Å². The summed E-state index contributed by atoms with van der Waals surface area (Å²) in [7, 11) is 1.74. The van der Waals surface area contributed by atoms with Crippen LogP contribution in [0.3, 0.4) is 0 Å². The third-order valence-electron chi connectivity index (χ3n) is 3.66. The minimum Gasteiger partial charge on any atom is -0.354 e. The Balaban J connectivity index is 0.00000288. The summed E-state index contributed by atoms with van der Waals surface area (Å²) in [5, 5.41) is 6.58. The van der Waals surface area contributed by atoms with Crippen LogP contribution in [0.15, 0.2) is 59.6 Å². The number of aryl methyl sites for hydroxylation is 1. The molecule has 0 radical (unpaired) electrons. The number of aliphatic imine (C=N–C) groups is 1. The van der Waals surface area contributed by atoms with E-state index < -0.39 is 0 Å². The summed E-state index contributed by atoms with van der Waals surface area (Å²) in [6.45, 7) is 2.68. The van der Waals surface area contributed by atoms with Crippen LogP contribution >= 0.6 is 24.0 Å². The Kier molecular flexibility index (Phi) is 9.37. The predicted molar refractivity (Wildman–Crippen MR) is 109 cm³/mol. The van der Waals surface area contributed by atoms with E-state index in [0.29, 0.717) is 12.6 Å². The molecule has 0 aromatic heterocycles. The average Bonchev–Trinajstić information content (AvgIpc) is 2.58. The van der Waals surface area contributed by atoms with Crippen molar-refractivity contribution in [3.05, 3.63) is 71.5 Å². The second kappa shape index (κ2) is 11.0. The first-order valence-electron chi connectivity index (χ1n) is 7.93. The van der Waals surface area contributed by atoms with E-state index in [-0.39, 0.29) is 29.8 Å². The molecule has 0 fully saturated rings. The van der Waals surface area contributed by atoms with E-state index in [2.05, 4.69) is 46.8 Å². The highest BCUT2D eigenvalue weighted by molar-refractivity contribution is 14.0. The fourth-order valence-electron chi connectivity index (χ4n) is 2.36. The standard InChI is InChI=1S/C19H24FN3.HI/c1-15(11-12-16-7-4-3-5-8-16)23-19(21-2)22-14-17-9-6-10-18(20)13-17;/h3-10,13,15H,11-12,14H2,1-2H3,(H2,21,22,23);1H. The Labute approximate surface area is 160 Å². The van der Waals surface area contributed by atoms with Crippen LogP contribution in [0.2, 0.25) is 0 Å². The van der Waals surface area contributed by atoms with Crippen molar-refractivity contribution in [1.29, 1.82) is 0 Å². The Morgan fingerprint density at radius 2 is 1.79 bits per heavy atom. The van der Waals surface area contributed by atoms with Crippen LogP contribution in [0.1, 0.15) is 24.5 Å². The molecular formula is C19H25FIN3. The van der Waals surface area contributed by atoms with Crippen molar-refractivity contribution in [3.63, 3.8) is 0 Å². The molecule has 2 aromatic carbocycles. The van der Waals surface area contributed by atoms with E-state index in [1.54, 1.807) is 13.1 Å². The molecule has 5 heteroatoms. The minimum atomic E-state index is -0.219.